The van der Waals surface area contributed by atoms with Gasteiger partial charge in [-0.25, -0.2) is 0 Å². The standard InChI is InChI=1S/C14H14ClNO3/c15-10-4-5-11-9(7-10)8-14(16(18)19)6-2-1-3-12(11)13(14)17/h4-5,7,12H,1-3,6,8H2/t12-,14-/m0/s1. The lowest BCUT2D eigenvalue weighted by atomic mass is 9.70. The van der Waals surface area contributed by atoms with E-state index < -0.39 is 5.54 Å². The lowest BCUT2D eigenvalue weighted by molar-refractivity contribution is -0.553. The summed E-state index contributed by atoms with van der Waals surface area (Å²) in [5.41, 5.74) is 0.392. The molecule has 4 nitrogen and oxygen atoms in total. The Balaban J connectivity index is 2.19. The lowest BCUT2D eigenvalue weighted by Crippen LogP contribution is -2.52. The molecule has 5 heteroatoms. The molecular formula is C14H14ClNO3. The van der Waals surface area contributed by atoms with Crippen molar-refractivity contribution >= 4 is 17.4 Å². The van der Waals surface area contributed by atoms with E-state index in [9.17, 15) is 14.9 Å². The quantitative estimate of drug-likeness (QED) is 0.586. The van der Waals surface area contributed by atoms with Gasteiger partial charge in [-0.05, 0) is 36.1 Å². The number of carbonyl (C=O) groups excluding carboxylic acids is 1. The predicted molar refractivity (Wildman–Crippen MR) is 71.1 cm³/mol. The van der Waals surface area contributed by atoms with Gasteiger partial charge in [0.2, 0.25) is 5.78 Å². The van der Waals surface area contributed by atoms with E-state index in [0.717, 1.165) is 24.0 Å². The van der Waals surface area contributed by atoms with Gasteiger partial charge in [-0.2, -0.15) is 0 Å². The first-order valence-electron chi connectivity index (χ1n) is 6.52. The fraction of sp³-hybridized carbons (Fsp3) is 0.500. The third-order valence-corrected chi connectivity index (χ3v) is 4.66. The van der Waals surface area contributed by atoms with Gasteiger partial charge in [0.1, 0.15) is 0 Å². The van der Waals surface area contributed by atoms with Crippen molar-refractivity contribution in [2.45, 2.75) is 43.6 Å². The number of nitrogens with zero attached hydrogens (tertiary/aromatic N) is 1. The van der Waals surface area contributed by atoms with Crippen LogP contribution in [0.4, 0.5) is 0 Å². The van der Waals surface area contributed by atoms with Crippen molar-refractivity contribution in [3.8, 4) is 0 Å². The molecule has 0 unspecified atom stereocenters. The molecule has 1 fully saturated rings. The number of Topliss-reactive ketones (excluding diaryl/α,β-unsaturated/α-hetero) is 1. The van der Waals surface area contributed by atoms with E-state index in [2.05, 4.69) is 0 Å². The highest BCUT2D eigenvalue weighted by molar-refractivity contribution is 6.30. The molecule has 0 heterocycles. The van der Waals surface area contributed by atoms with Crippen LogP contribution >= 0.6 is 11.6 Å². The zero-order valence-electron chi connectivity index (χ0n) is 10.4. The summed E-state index contributed by atoms with van der Waals surface area (Å²) in [7, 11) is 0. The first kappa shape index (κ1) is 12.6. The van der Waals surface area contributed by atoms with Gasteiger partial charge in [0, 0.05) is 16.4 Å². The van der Waals surface area contributed by atoms with Gasteiger partial charge in [-0.15, -0.1) is 0 Å². The van der Waals surface area contributed by atoms with Gasteiger partial charge in [0.25, 0.3) is 5.54 Å². The van der Waals surface area contributed by atoms with Crippen LogP contribution in [0.25, 0.3) is 0 Å². The zero-order chi connectivity index (χ0) is 13.6. The van der Waals surface area contributed by atoms with E-state index in [4.69, 9.17) is 11.6 Å². The van der Waals surface area contributed by atoms with Crippen LogP contribution in [0.1, 0.15) is 42.7 Å². The van der Waals surface area contributed by atoms with E-state index in [1.165, 1.54) is 0 Å². The van der Waals surface area contributed by atoms with E-state index in [1.807, 2.05) is 6.07 Å². The fourth-order valence-corrected chi connectivity index (χ4v) is 3.64. The predicted octanol–water partition coefficient (Wildman–Crippen LogP) is 3.14. The number of carbonyl (C=O) groups is 1. The van der Waals surface area contributed by atoms with Gasteiger partial charge >= 0.3 is 0 Å². The molecule has 1 aromatic carbocycles. The van der Waals surface area contributed by atoms with Crippen LogP contribution in [0.2, 0.25) is 5.02 Å². The van der Waals surface area contributed by atoms with Crippen LogP contribution in [0.15, 0.2) is 18.2 Å². The van der Waals surface area contributed by atoms with Crippen molar-refractivity contribution in [1.29, 1.82) is 0 Å². The topological polar surface area (TPSA) is 60.2 Å². The summed E-state index contributed by atoms with van der Waals surface area (Å²) in [5, 5.41) is 12.1. The van der Waals surface area contributed by atoms with Crippen molar-refractivity contribution in [1.82, 2.24) is 0 Å². The number of hydrogen-bond donors (Lipinski definition) is 0. The average Bonchev–Trinajstić information content (AvgIpc) is 2.47. The van der Waals surface area contributed by atoms with Crippen LogP contribution < -0.4 is 0 Å². The Bertz CT molecular complexity index is 572. The molecule has 2 aliphatic carbocycles. The van der Waals surface area contributed by atoms with Crippen LogP contribution in [0.3, 0.4) is 0 Å². The smallest absolute Gasteiger partial charge is 0.283 e. The summed E-state index contributed by atoms with van der Waals surface area (Å²) in [6.07, 6.45) is 2.86. The van der Waals surface area contributed by atoms with Crippen LogP contribution in [-0.4, -0.2) is 16.2 Å². The summed E-state index contributed by atoms with van der Waals surface area (Å²) in [4.78, 5) is 23.7. The fourth-order valence-electron chi connectivity index (χ4n) is 3.44. The molecule has 0 amide bonds. The molecular weight excluding hydrogens is 266 g/mol. The lowest BCUT2D eigenvalue weighted by Gasteiger charge is -2.32. The molecule has 0 saturated heterocycles. The Labute approximate surface area is 115 Å². The minimum absolute atomic E-state index is 0.186. The maximum absolute atomic E-state index is 12.6. The number of benzene rings is 1. The molecule has 2 bridgehead atoms. The van der Waals surface area contributed by atoms with E-state index in [1.54, 1.807) is 12.1 Å². The van der Waals surface area contributed by atoms with E-state index in [0.29, 0.717) is 17.9 Å². The maximum Gasteiger partial charge on any atom is 0.283 e. The number of nitro groups is 1. The Morgan fingerprint density at radius 1 is 1.37 bits per heavy atom. The van der Waals surface area contributed by atoms with Gasteiger partial charge in [0.05, 0.1) is 12.3 Å². The van der Waals surface area contributed by atoms with Gasteiger partial charge < -0.3 is 0 Å². The first-order chi connectivity index (χ1) is 9.04. The number of ketones is 1. The van der Waals surface area contributed by atoms with Crippen molar-refractivity contribution in [2.24, 2.45) is 0 Å². The average molecular weight is 280 g/mol. The van der Waals surface area contributed by atoms with Crippen molar-refractivity contribution in [2.75, 3.05) is 0 Å². The molecule has 100 valence electrons. The first-order valence-corrected chi connectivity index (χ1v) is 6.89. The largest absolute Gasteiger partial charge is 0.291 e. The second-order valence-corrected chi connectivity index (χ2v) is 5.91. The minimum Gasteiger partial charge on any atom is -0.291 e. The maximum atomic E-state index is 12.6. The van der Waals surface area contributed by atoms with E-state index in [-0.39, 0.29) is 23.0 Å². The number of hydrogen-bond acceptors (Lipinski definition) is 3. The molecule has 2 aliphatic rings. The second kappa shape index (κ2) is 4.30. The summed E-state index contributed by atoms with van der Waals surface area (Å²) in [6, 6.07) is 5.40. The number of halogens is 1. The molecule has 0 radical (unpaired) electrons. The van der Waals surface area contributed by atoms with E-state index >= 15 is 0 Å². The number of fused-ring (bicyclic) bond motifs is 4. The summed E-state index contributed by atoms with van der Waals surface area (Å²) in [5.74, 6) is -0.529. The molecule has 0 aromatic heterocycles. The Morgan fingerprint density at radius 2 is 2.16 bits per heavy atom. The van der Waals surface area contributed by atoms with Crippen LogP contribution in [-0.2, 0) is 11.2 Å². The van der Waals surface area contributed by atoms with Gasteiger partial charge in [0.15, 0.2) is 0 Å². The third-order valence-electron chi connectivity index (χ3n) is 4.42. The summed E-state index contributed by atoms with van der Waals surface area (Å²) >= 11 is 5.98. The summed E-state index contributed by atoms with van der Waals surface area (Å²) < 4.78 is 0. The second-order valence-electron chi connectivity index (χ2n) is 5.47. The zero-order valence-corrected chi connectivity index (χ0v) is 11.2. The number of rotatable bonds is 1. The van der Waals surface area contributed by atoms with Crippen LogP contribution in [0, 0.1) is 10.1 Å². The molecule has 3 rings (SSSR count). The molecule has 1 aromatic rings. The highest BCUT2D eigenvalue weighted by Crippen LogP contribution is 2.44. The Hall–Kier alpha value is -1.42. The third kappa shape index (κ3) is 1.77. The van der Waals surface area contributed by atoms with Gasteiger partial charge in [-0.1, -0.05) is 24.1 Å². The van der Waals surface area contributed by atoms with Crippen molar-refractivity contribution < 1.29 is 9.72 Å². The van der Waals surface area contributed by atoms with Crippen molar-refractivity contribution in [3.05, 3.63) is 44.5 Å². The SMILES string of the molecule is O=C1[C@H]2CCCC[C@]1([N+](=O)[O-])Cc1cc(Cl)ccc12. The Morgan fingerprint density at radius 3 is 2.89 bits per heavy atom. The highest BCUT2D eigenvalue weighted by atomic mass is 35.5. The molecule has 19 heavy (non-hydrogen) atoms. The van der Waals surface area contributed by atoms with Crippen LogP contribution in [0.5, 0.6) is 0 Å². The molecule has 0 spiro atoms. The van der Waals surface area contributed by atoms with Crippen molar-refractivity contribution in [3.63, 3.8) is 0 Å². The molecule has 0 aliphatic heterocycles. The monoisotopic (exact) mass is 279 g/mol. The minimum atomic E-state index is -1.42. The highest BCUT2D eigenvalue weighted by Gasteiger charge is 2.57. The molecule has 2 atom stereocenters. The van der Waals surface area contributed by atoms with Gasteiger partial charge in [-0.3, -0.25) is 14.9 Å². The Kier molecular flexibility index (Phi) is 2.86. The normalized spacial score (nSPS) is 29.5. The summed E-state index contributed by atoms with van der Waals surface area (Å²) in [6.45, 7) is 0. The molecule has 0 N–H and O–H groups in total. The molecule has 1 saturated carbocycles.